The molecule has 2 aromatic heterocycles. The van der Waals surface area contributed by atoms with Gasteiger partial charge >= 0.3 is 5.97 Å². The van der Waals surface area contributed by atoms with Crippen LogP contribution in [0.4, 0.5) is 5.82 Å². The molecule has 2 heterocycles. The first-order chi connectivity index (χ1) is 8.50. The predicted molar refractivity (Wildman–Crippen MR) is 59.4 cm³/mol. The van der Waals surface area contributed by atoms with Crippen molar-refractivity contribution in [3.8, 4) is 0 Å². The van der Waals surface area contributed by atoms with Gasteiger partial charge in [0.1, 0.15) is 17.9 Å². The maximum absolute atomic E-state index is 10.5. The van der Waals surface area contributed by atoms with E-state index >= 15 is 0 Å². The van der Waals surface area contributed by atoms with Gasteiger partial charge in [-0.1, -0.05) is 0 Å². The third kappa shape index (κ3) is 2.08. The van der Waals surface area contributed by atoms with Crippen molar-refractivity contribution in [2.45, 2.75) is 18.8 Å². The van der Waals surface area contributed by atoms with E-state index in [0.29, 0.717) is 11.2 Å². The molecule has 0 aliphatic rings. The van der Waals surface area contributed by atoms with Crippen LogP contribution in [0.1, 0.15) is 0 Å². The van der Waals surface area contributed by atoms with Crippen LogP contribution in [0.15, 0.2) is 12.7 Å². The summed E-state index contributed by atoms with van der Waals surface area (Å²) < 4.78 is 1.39. The van der Waals surface area contributed by atoms with Crippen LogP contribution >= 0.6 is 0 Å². The van der Waals surface area contributed by atoms with Crippen molar-refractivity contribution >= 4 is 23.0 Å². The molecule has 0 amide bonds. The van der Waals surface area contributed by atoms with E-state index in [9.17, 15) is 15.0 Å². The number of aliphatic hydroxyl groups excluding tert-OH is 2. The number of nitrogens with two attached hydrogens (primary N) is 1. The van der Waals surface area contributed by atoms with Crippen molar-refractivity contribution in [2.24, 2.45) is 0 Å². The number of nitrogens with zero attached hydrogens (tertiary/aromatic N) is 4. The van der Waals surface area contributed by atoms with Gasteiger partial charge in [0.2, 0.25) is 0 Å². The van der Waals surface area contributed by atoms with Crippen LogP contribution in [-0.4, -0.2) is 53.0 Å². The topological polar surface area (TPSA) is 147 Å². The number of anilines is 1. The Hall–Kier alpha value is -2.26. The summed E-state index contributed by atoms with van der Waals surface area (Å²) in [6.07, 6.45) is -0.779. The van der Waals surface area contributed by atoms with E-state index in [1.165, 1.54) is 17.2 Å². The maximum Gasteiger partial charge on any atom is 0.335 e. The Morgan fingerprint density at radius 1 is 1.39 bits per heavy atom. The fraction of sp³-hybridized carbons (Fsp3) is 0.333. The third-order valence-corrected chi connectivity index (χ3v) is 2.44. The molecule has 0 fully saturated rings. The van der Waals surface area contributed by atoms with Crippen molar-refractivity contribution in [3.63, 3.8) is 0 Å². The van der Waals surface area contributed by atoms with Gasteiger partial charge in [0.25, 0.3) is 0 Å². The summed E-state index contributed by atoms with van der Waals surface area (Å²) in [7, 11) is 0. The van der Waals surface area contributed by atoms with Gasteiger partial charge < -0.3 is 25.6 Å². The molecule has 18 heavy (non-hydrogen) atoms. The molecule has 0 bridgehead atoms. The molecule has 0 spiro atoms. The molecule has 0 aromatic carbocycles. The molecule has 5 N–H and O–H groups in total. The Labute approximate surface area is 101 Å². The van der Waals surface area contributed by atoms with Gasteiger partial charge in [-0.3, -0.25) is 0 Å². The van der Waals surface area contributed by atoms with Crippen LogP contribution in [0.5, 0.6) is 0 Å². The predicted octanol–water partition coefficient (Wildman–Crippen LogP) is -1.79. The van der Waals surface area contributed by atoms with Crippen LogP contribution in [-0.2, 0) is 11.3 Å². The van der Waals surface area contributed by atoms with E-state index in [1.54, 1.807) is 0 Å². The highest BCUT2D eigenvalue weighted by Gasteiger charge is 2.24. The molecular formula is C9H11N5O4. The van der Waals surface area contributed by atoms with Crippen LogP contribution < -0.4 is 5.73 Å². The van der Waals surface area contributed by atoms with Crippen molar-refractivity contribution < 1.29 is 20.1 Å². The molecule has 2 rings (SSSR count). The van der Waals surface area contributed by atoms with Gasteiger partial charge in [0, 0.05) is 0 Å². The molecular weight excluding hydrogens is 242 g/mol. The number of aliphatic carboxylic acids is 1. The Morgan fingerprint density at radius 3 is 2.78 bits per heavy atom. The van der Waals surface area contributed by atoms with E-state index in [1.807, 2.05) is 0 Å². The summed E-state index contributed by atoms with van der Waals surface area (Å²) in [5.41, 5.74) is 6.36. The maximum atomic E-state index is 10.5. The first-order valence-corrected chi connectivity index (χ1v) is 5.01. The third-order valence-electron chi connectivity index (χ3n) is 2.44. The minimum absolute atomic E-state index is 0.162. The molecule has 2 atom stereocenters. The molecule has 0 radical (unpaired) electrons. The van der Waals surface area contributed by atoms with Crippen LogP contribution in [0.25, 0.3) is 11.2 Å². The summed E-state index contributed by atoms with van der Waals surface area (Å²) in [6.45, 7) is -0.179. The fourth-order valence-electron chi connectivity index (χ4n) is 1.54. The monoisotopic (exact) mass is 253 g/mol. The van der Waals surface area contributed by atoms with Gasteiger partial charge in [0.05, 0.1) is 12.9 Å². The second kappa shape index (κ2) is 4.55. The summed E-state index contributed by atoms with van der Waals surface area (Å²) >= 11 is 0. The van der Waals surface area contributed by atoms with E-state index in [-0.39, 0.29) is 12.4 Å². The molecule has 0 aliphatic heterocycles. The summed E-state index contributed by atoms with van der Waals surface area (Å²) in [4.78, 5) is 22.1. The van der Waals surface area contributed by atoms with Crippen LogP contribution in [0, 0.1) is 0 Å². The van der Waals surface area contributed by atoms with Gasteiger partial charge in [0.15, 0.2) is 17.6 Å². The molecule has 0 aliphatic carbocycles. The molecule has 0 saturated heterocycles. The summed E-state index contributed by atoms with van der Waals surface area (Å²) in [6, 6.07) is 0. The number of hydrogen-bond acceptors (Lipinski definition) is 7. The Kier molecular flexibility index (Phi) is 3.08. The van der Waals surface area contributed by atoms with E-state index in [4.69, 9.17) is 10.8 Å². The second-order valence-corrected chi connectivity index (χ2v) is 3.68. The Bertz CT molecular complexity index is 583. The van der Waals surface area contributed by atoms with Gasteiger partial charge in [-0.05, 0) is 0 Å². The summed E-state index contributed by atoms with van der Waals surface area (Å²) in [5, 5.41) is 27.3. The SMILES string of the molecule is Nc1ncnc2ncn(CC(O)C(O)C(=O)O)c12. The highest BCUT2D eigenvalue weighted by Crippen LogP contribution is 2.16. The number of fused-ring (bicyclic) bond motifs is 1. The van der Waals surface area contributed by atoms with Crippen molar-refractivity contribution in [1.29, 1.82) is 0 Å². The first kappa shape index (κ1) is 12.2. The smallest absolute Gasteiger partial charge is 0.335 e. The number of carbonyl (C=O) groups is 1. The lowest BCUT2D eigenvalue weighted by atomic mass is 10.2. The largest absolute Gasteiger partial charge is 0.479 e. The highest BCUT2D eigenvalue weighted by molar-refractivity contribution is 5.81. The average molecular weight is 253 g/mol. The second-order valence-electron chi connectivity index (χ2n) is 3.68. The molecule has 2 unspecified atom stereocenters. The zero-order chi connectivity index (χ0) is 13.3. The number of aromatic nitrogens is 4. The number of carboxylic acids is 1. The standard InChI is InChI=1S/C9H11N5O4/c10-7-5-8(12-2-11-7)13-3-14(5)1-4(15)6(16)9(17)18/h2-4,6,15-16H,1H2,(H,17,18)(H2,10,11,12). The average Bonchev–Trinajstić information content (AvgIpc) is 2.72. The minimum Gasteiger partial charge on any atom is -0.479 e. The lowest BCUT2D eigenvalue weighted by Crippen LogP contribution is -2.36. The number of hydrogen-bond donors (Lipinski definition) is 4. The van der Waals surface area contributed by atoms with Crippen LogP contribution in [0.3, 0.4) is 0 Å². The molecule has 9 heteroatoms. The normalized spacial score (nSPS) is 14.6. The fourth-order valence-corrected chi connectivity index (χ4v) is 1.54. The quantitative estimate of drug-likeness (QED) is 0.499. The van der Waals surface area contributed by atoms with Crippen molar-refractivity contribution in [2.75, 3.05) is 5.73 Å². The van der Waals surface area contributed by atoms with E-state index in [2.05, 4.69) is 15.0 Å². The Balaban J connectivity index is 2.30. The number of nitrogen functional groups attached to an aromatic ring is 1. The van der Waals surface area contributed by atoms with Gasteiger partial charge in [-0.2, -0.15) is 0 Å². The van der Waals surface area contributed by atoms with Crippen LogP contribution in [0.2, 0.25) is 0 Å². The number of imidazole rings is 1. The van der Waals surface area contributed by atoms with Crippen molar-refractivity contribution in [1.82, 2.24) is 19.5 Å². The van der Waals surface area contributed by atoms with Gasteiger partial charge in [-0.15, -0.1) is 0 Å². The Morgan fingerprint density at radius 2 is 2.11 bits per heavy atom. The van der Waals surface area contributed by atoms with E-state index in [0.717, 1.165) is 0 Å². The lowest BCUT2D eigenvalue weighted by molar-refractivity contribution is -0.153. The number of aliphatic hydroxyl groups is 2. The highest BCUT2D eigenvalue weighted by atomic mass is 16.4. The zero-order valence-corrected chi connectivity index (χ0v) is 9.13. The molecule has 0 saturated carbocycles. The minimum atomic E-state index is -1.88. The van der Waals surface area contributed by atoms with E-state index < -0.39 is 18.2 Å². The molecule has 96 valence electrons. The molecule has 2 aromatic rings. The summed E-state index contributed by atoms with van der Waals surface area (Å²) in [5.74, 6) is -1.34. The lowest BCUT2D eigenvalue weighted by Gasteiger charge is -2.15. The van der Waals surface area contributed by atoms with Crippen molar-refractivity contribution in [3.05, 3.63) is 12.7 Å². The number of carboxylic acid groups (broad SMARTS) is 1. The van der Waals surface area contributed by atoms with Gasteiger partial charge in [-0.25, -0.2) is 19.7 Å². The first-order valence-electron chi connectivity index (χ1n) is 5.01. The zero-order valence-electron chi connectivity index (χ0n) is 9.13. The number of rotatable bonds is 4. The molecule has 9 nitrogen and oxygen atoms in total.